The Morgan fingerprint density at radius 1 is 0.871 bits per heavy atom. The molecular formula is C56H59NO9S4. The predicted octanol–water partition coefficient (Wildman–Crippen LogP) is 11.5. The first-order valence-corrected chi connectivity index (χ1v) is 29.8. The lowest BCUT2D eigenvalue weighted by Crippen LogP contribution is -2.39. The van der Waals surface area contributed by atoms with E-state index in [9.17, 15) is 30.6 Å². The van der Waals surface area contributed by atoms with Crippen molar-refractivity contribution in [1.29, 1.82) is 0 Å². The number of aliphatic hydroxyl groups excluding tert-OH is 3. The van der Waals surface area contributed by atoms with Crippen molar-refractivity contribution in [1.82, 2.24) is 5.32 Å². The van der Waals surface area contributed by atoms with Crippen LogP contribution in [0.15, 0.2) is 63.8 Å². The van der Waals surface area contributed by atoms with Gasteiger partial charge in [-0.25, -0.2) is 0 Å². The van der Waals surface area contributed by atoms with Crippen LogP contribution in [0.5, 0.6) is 23.0 Å². The molecule has 5 heterocycles. The van der Waals surface area contributed by atoms with Crippen molar-refractivity contribution in [2.75, 3.05) is 18.9 Å². The number of hydrogen-bond acceptors (Lipinski definition) is 14. The number of phenols is 2. The fourth-order valence-corrected chi connectivity index (χ4v) is 18.6. The van der Waals surface area contributed by atoms with E-state index < -0.39 is 35.4 Å². The predicted molar refractivity (Wildman–Crippen MR) is 285 cm³/mol. The van der Waals surface area contributed by atoms with Gasteiger partial charge in [0.25, 0.3) is 0 Å². The Morgan fingerprint density at radius 2 is 1.74 bits per heavy atom. The van der Waals surface area contributed by atoms with Gasteiger partial charge < -0.3 is 45.1 Å². The molecule has 1 aromatic heterocycles. The van der Waals surface area contributed by atoms with Crippen molar-refractivity contribution in [3.05, 3.63) is 115 Å². The molecule has 4 aliphatic heterocycles. The summed E-state index contributed by atoms with van der Waals surface area (Å²) in [7, 11) is 6.90. The van der Waals surface area contributed by atoms with Gasteiger partial charge in [-0.05, 0) is 149 Å². The van der Waals surface area contributed by atoms with Crippen LogP contribution in [0.1, 0.15) is 132 Å². The summed E-state index contributed by atoms with van der Waals surface area (Å²) in [5.74, 6) is 0.287. The molecule has 2 saturated heterocycles. The first kappa shape index (κ1) is 47.0. The minimum Gasteiger partial charge on any atom is -0.507 e. The summed E-state index contributed by atoms with van der Waals surface area (Å²) in [6.07, 6.45) is 3.99. The van der Waals surface area contributed by atoms with Crippen molar-refractivity contribution < 1.29 is 39.8 Å². The number of piperidine rings is 1. The molecule has 5 aromatic carbocycles. The zero-order valence-electron chi connectivity index (χ0n) is 39.3. The molecule has 0 saturated carbocycles. The van der Waals surface area contributed by atoms with Gasteiger partial charge in [0, 0.05) is 58.9 Å². The summed E-state index contributed by atoms with van der Waals surface area (Å²) in [5.41, 5.74) is 9.21. The average Bonchev–Trinajstić information content (AvgIpc) is 3.37. The Labute approximate surface area is 423 Å². The number of aliphatic hydroxyl groups is 3. The van der Waals surface area contributed by atoms with Crippen molar-refractivity contribution in [2.24, 2.45) is 5.92 Å². The second-order valence-corrected chi connectivity index (χ2v) is 26.0. The van der Waals surface area contributed by atoms with E-state index in [2.05, 4.69) is 61.6 Å². The Kier molecular flexibility index (Phi) is 12.6. The smallest absolute Gasteiger partial charge is 0.238 e. The molecular weight excluding hydrogens is 959 g/mol. The van der Waals surface area contributed by atoms with Crippen LogP contribution >= 0.6 is 43.2 Å². The van der Waals surface area contributed by atoms with E-state index in [1.807, 2.05) is 16.9 Å². The van der Waals surface area contributed by atoms with Gasteiger partial charge in [0.15, 0.2) is 5.76 Å². The topological polar surface area (TPSA) is 173 Å². The minimum atomic E-state index is -0.972. The van der Waals surface area contributed by atoms with E-state index >= 15 is 4.79 Å². The highest BCUT2D eigenvalue weighted by molar-refractivity contribution is 8.77. The maximum Gasteiger partial charge on any atom is 0.238 e. The average molecular weight is 1020 g/mol. The van der Waals surface area contributed by atoms with E-state index in [0.29, 0.717) is 59.8 Å². The lowest BCUT2D eigenvalue weighted by atomic mass is 9.68. The molecule has 0 amide bonds. The van der Waals surface area contributed by atoms with Crippen molar-refractivity contribution in [2.45, 2.75) is 130 Å². The van der Waals surface area contributed by atoms with Crippen molar-refractivity contribution in [3.8, 4) is 45.4 Å². The standard InChI is InChI=1S/C56H59NO9S4/c1-26(2)18-31-21-35(38-25-68-69-43-9-4-15-57-49(43)30-7-3-6-27(19-30)20-34(38)50(31)61)54-53(64)52(63)48-42(66-54)24-40(60)46-36-22-33-28(14-16-58)10-11-29-12-13-32-47(44(29)33)45(36)37-23-41(65-55(46)48)39(59)8-5-17-67-70-56(32)51(37)62/h3,6-7,12-13,19,21-22,24,26,28,37,39,41,43,49,51,56-62,64H,4-5,8-11,14-18,20,23,25H2,1-2H3. The molecule has 0 radical (unpaired) electrons. The summed E-state index contributed by atoms with van der Waals surface area (Å²) in [4.78, 5) is 15.4. The minimum absolute atomic E-state index is 0.0110. The van der Waals surface area contributed by atoms with Crippen LogP contribution in [0.2, 0.25) is 0 Å². The van der Waals surface area contributed by atoms with E-state index in [-0.39, 0.29) is 75.7 Å². The van der Waals surface area contributed by atoms with Crippen LogP contribution in [0, 0.1) is 5.92 Å². The lowest BCUT2D eigenvalue weighted by molar-refractivity contribution is 0.00975. The zero-order valence-corrected chi connectivity index (χ0v) is 42.6. The molecule has 2 fully saturated rings. The number of fused-ring (bicyclic) bond motifs is 12. The first-order valence-electron chi connectivity index (χ1n) is 25.1. The van der Waals surface area contributed by atoms with E-state index in [4.69, 9.17) is 9.15 Å². The van der Waals surface area contributed by atoms with Crippen molar-refractivity contribution in [3.63, 3.8) is 0 Å². The van der Waals surface area contributed by atoms with Crippen LogP contribution in [0.4, 0.5) is 0 Å². The third-order valence-electron chi connectivity index (χ3n) is 16.0. The Balaban J connectivity index is 1.11. The van der Waals surface area contributed by atoms with Gasteiger partial charge in [-0.3, -0.25) is 4.79 Å². The molecule has 7 N–H and O–H groups in total. The van der Waals surface area contributed by atoms with E-state index in [0.717, 1.165) is 82.1 Å². The van der Waals surface area contributed by atoms with Crippen LogP contribution < -0.4 is 15.5 Å². The van der Waals surface area contributed by atoms with Crippen molar-refractivity contribution >= 4 is 64.9 Å². The molecule has 8 unspecified atom stereocenters. The molecule has 14 heteroatoms. The van der Waals surface area contributed by atoms with Crippen LogP contribution in [0.3, 0.4) is 0 Å². The van der Waals surface area contributed by atoms with E-state index in [1.54, 1.807) is 32.4 Å². The van der Waals surface area contributed by atoms with Gasteiger partial charge in [0.05, 0.1) is 23.0 Å². The molecule has 6 aliphatic rings. The summed E-state index contributed by atoms with van der Waals surface area (Å²) in [5, 5.41) is 78.3. The SMILES string of the molecule is CC(C)Cc1cc(-c2oc3cc(O)c4c(c3c(=O)c2O)OC2CC3c5c-4cc4c6c(ccc(c56)C(SSCCCC2O)C3O)CCC4CCO)c2c(c1O)Cc1cccc(c1)C1NCCCC1SSC2. The second-order valence-electron chi connectivity index (χ2n) is 20.7. The Hall–Kier alpha value is -3.99. The second kappa shape index (κ2) is 18.8. The highest BCUT2D eigenvalue weighted by Gasteiger charge is 2.46. The van der Waals surface area contributed by atoms with Gasteiger partial charge >= 0.3 is 0 Å². The number of aryl methyl sites for hydroxylation is 1. The number of phenolic OH excluding ortho intramolecular Hbond substituents is 2. The monoisotopic (exact) mass is 1020 g/mol. The summed E-state index contributed by atoms with van der Waals surface area (Å²) in [6.45, 7) is 5.14. The Morgan fingerprint density at radius 3 is 2.59 bits per heavy atom. The largest absolute Gasteiger partial charge is 0.507 e. The molecule has 0 spiro atoms. The third-order valence-corrected chi connectivity index (χ3v) is 21.6. The molecule has 70 heavy (non-hydrogen) atoms. The summed E-state index contributed by atoms with van der Waals surface area (Å²) < 4.78 is 13.8. The quantitative estimate of drug-likeness (QED) is 0.0813. The molecule has 366 valence electrons. The lowest BCUT2D eigenvalue weighted by Gasteiger charge is -2.42. The maximum absolute atomic E-state index is 15.4. The highest BCUT2D eigenvalue weighted by atomic mass is 33.1. The molecule has 5 bridgehead atoms. The number of benzene rings is 5. The van der Waals surface area contributed by atoms with Crippen LogP contribution in [-0.4, -0.2) is 73.1 Å². The van der Waals surface area contributed by atoms with Gasteiger partial charge in [-0.2, -0.15) is 0 Å². The number of hydrogen-bond donors (Lipinski definition) is 7. The highest BCUT2D eigenvalue weighted by Crippen LogP contribution is 2.61. The fourth-order valence-electron chi connectivity index (χ4n) is 12.7. The fraction of sp³-hybridized carbons (Fsp3) is 0.446. The Bertz CT molecular complexity index is 3140. The molecule has 8 atom stereocenters. The van der Waals surface area contributed by atoms with Gasteiger partial charge in [-0.1, -0.05) is 93.4 Å². The first-order chi connectivity index (χ1) is 34.0. The van der Waals surface area contributed by atoms with Crippen LogP contribution in [-0.2, 0) is 25.0 Å². The number of aromatic hydroxyl groups is 3. The van der Waals surface area contributed by atoms with Gasteiger partial charge in [-0.15, -0.1) is 0 Å². The molecule has 6 aromatic rings. The number of rotatable bonds is 5. The number of nitrogens with one attached hydrogen (secondary N) is 1. The summed E-state index contributed by atoms with van der Waals surface area (Å²) >= 11 is 0. The van der Waals surface area contributed by atoms with Gasteiger partial charge in [0.2, 0.25) is 11.2 Å². The number of ether oxygens (including phenoxy) is 1. The van der Waals surface area contributed by atoms with E-state index in [1.165, 1.54) is 17.2 Å². The zero-order chi connectivity index (χ0) is 48.1. The maximum atomic E-state index is 15.4. The molecule has 10 nitrogen and oxygen atoms in total. The third kappa shape index (κ3) is 7.84. The molecule has 2 aliphatic carbocycles. The normalized spacial score (nSPS) is 26.1. The van der Waals surface area contributed by atoms with Gasteiger partial charge in [0.1, 0.15) is 34.3 Å². The summed E-state index contributed by atoms with van der Waals surface area (Å²) in [6, 6.07) is 18.5. The van der Waals surface area contributed by atoms with Crippen LogP contribution in [0.25, 0.3) is 44.2 Å². The molecule has 12 rings (SSSR count).